The number of benzene rings is 1. The van der Waals surface area contributed by atoms with E-state index in [0.717, 1.165) is 11.5 Å². The minimum atomic E-state index is -1.67. The Morgan fingerprint density at radius 2 is 2.30 bits per heavy atom. The number of likely N-dealkylation sites (N-methyl/N-ethyl adjacent to an activating group) is 1. The smallest absolute Gasteiger partial charge is 0.267 e. The molecule has 2 heterocycles. The number of carbonyl (C=O) groups excluding carboxylic acids is 1. The van der Waals surface area contributed by atoms with Gasteiger partial charge in [-0.1, -0.05) is 11.8 Å². The van der Waals surface area contributed by atoms with E-state index in [1.807, 2.05) is 0 Å². The summed E-state index contributed by atoms with van der Waals surface area (Å²) < 4.78 is 18.3. The van der Waals surface area contributed by atoms with Gasteiger partial charge in [-0.25, -0.2) is 9.37 Å². The lowest BCUT2D eigenvalue weighted by Crippen LogP contribution is -2.37. The highest BCUT2D eigenvalue weighted by molar-refractivity contribution is 9.10. The van der Waals surface area contributed by atoms with E-state index in [0.29, 0.717) is 21.8 Å². The van der Waals surface area contributed by atoms with Gasteiger partial charge in [-0.3, -0.25) is 4.79 Å². The van der Waals surface area contributed by atoms with Gasteiger partial charge in [0.25, 0.3) is 5.91 Å². The Hall–Kier alpha value is -1.82. The molecule has 5 nitrogen and oxygen atoms in total. The molecule has 1 aromatic heterocycles. The SMILES string of the molecule is CN1CC[C@@](O)(C#Cc2ccc(F)c(-c3nc(Br)ns3)c2)C1=O. The number of likely N-dealkylation sites (tertiary alicyclic amines) is 1. The van der Waals surface area contributed by atoms with Crippen LogP contribution in [0, 0.1) is 17.7 Å². The first-order chi connectivity index (χ1) is 10.9. The van der Waals surface area contributed by atoms with Crippen molar-refractivity contribution in [1.29, 1.82) is 0 Å². The molecule has 1 fully saturated rings. The molecule has 0 unspecified atom stereocenters. The number of carbonyl (C=O) groups is 1. The van der Waals surface area contributed by atoms with Crippen LogP contribution in [0.2, 0.25) is 0 Å². The Labute approximate surface area is 144 Å². The molecule has 23 heavy (non-hydrogen) atoms. The van der Waals surface area contributed by atoms with Gasteiger partial charge < -0.3 is 10.0 Å². The quantitative estimate of drug-likeness (QED) is 0.750. The van der Waals surface area contributed by atoms with E-state index in [9.17, 15) is 14.3 Å². The first-order valence-corrected chi connectivity index (χ1v) is 8.26. The Balaban J connectivity index is 1.94. The molecule has 0 spiro atoms. The van der Waals surface area contributed by atoms with E-state index in [4.69, 9.17) is 0 Å². The average molecular weight is 396 g/mol. The third-order valence-corrected chi connectivity index (χ3v) is 4.86. The lowest BCUT2D eigenvalue weighted by atomic mass is 10.0. The molecule has 0 radical (unpaired) electrons. The number of rotatable bonds is 1. The average Bonchev–Trinajstić information content (AvgIpc) is 3.06. The highest BCUT2D eigenvalue weighted by Gasteiger charge is 2.42. The first-order valence-electron chi connectivity index (χ1n) is 6.69. The van der Waals surface area contributed by atoms with Crippen molar-refractivity contribution in [2.45, 2.75) is 12.0 Å². The van der Waals surface area contributed by atoms with Crippen LogP contribution in [0.4, 0.5) is 4.39 Å². The van der Waals surface area contributed by atoms with Gasteiger partial charge in [0.1, 0.15) is 10.8 Å². The van der Waals surface area contributed by atoms with Gasteiger partial charge in [0.05, 0.1) is 0 Å². The highest BCUT2D eigenvalue weighted by Crippen LogP contribution is 2.27. The summed E-state index contributed by atoms with van der Waals surface area (Å²) in [6.07, 6.45) is 0.257. The minimum Gasteiger partial charge on any atom is -0.369 e. The summed E-state index contributed by atoms with van der Waals surface area (Å²) in [5.74, 6) is 4.51. The van der Waals surface area contributed by atoms with Crippen LogP contribution in [0.3, 0.4) is 0 Å². The number of hydrogen-bond acceptors (Lipinski definition) is 5. The minimum absolute atomic E-state index is 0.257. The van der Waals surface area contributed by atoms with E-state index >= 15 is 0 Å². The monoisotopic (exact) mass is 395 g/mol. The number of halogens is 2. The molecule has 0 saturated carbocycles. The van der Waals surface area contributed by atoms with Crippen molar-refractivity contribution in [3.05, 3.63) is 34.3 Å². The fourth-order valence-corrected chi connectivity index (χ4v) is 3.32. The van der Waals surface area contributed by atoms with Gasteiger partial charge in [-0.15, -0.1) is 0 Å². The lowest BCUT2D eigenvalue weighted by Gasteiger charge is -2.13. The largest absolute Gasteiger partial charge is 0.369 e. The van der Waals surface area contributed by atoms with Crippen LogP contribution >= 0.6 is 27.5 Å². The van der Waals surface area contributed by atoms with Crippen molar-refractivity contribution < 1.29 is 14.3 Å². The molecule has 1 saturated heterocycles. The third kappa shape index (κ3) is 3.13. The summed E-state index contributed by atoms with van der Waals surface area (Å²) in [6, 6.07) is 4.30. The molecule has 0 aliphatic carbocycles. The summed E-state index contributed by atoms with van der Waals surface area (Å²) in [5.41, 5.74) is -0.903. The molecular formula is C15H11BrFN3O2S. The number of amides is 1. The van der Waals surface area contributed by atoms with Crippen molar-refractivity contribution in [1.82, 2.24) is 14.3 Å². The Kier molecular flexibility index (Phi) is 4.19. The van der Waals surface area contributed by atoms with Crippen molar-refractivity contribution in [2.75, 3.05) is 13.6 Å². The maximum atomic E-state index is 14.0. The molecule has 1 atom stereocenters. The summed E-state index contributed by atoms with van der Waals surface area (Å²) >= 11 is 4.19. The molecule has 1 aliphatic heterocycles. The fraction of sp³-hybridized carbons (Fsp3) is 0.267. The molecule has 1 aromatic carbocycles. The topological polar surface area (TPSA) is 66.3 Å². The molecule has 2 aromatic rings. The van der Waals surface area contributed by atoms with Crippen LogP contribution < -0.4 is 0 Å². The normalized spacial score (nSPS) is 20.5. The summed E-state index contributed by atoms with van der Waals surface area (Å²) in [5, 5.41) is 10.7. The third-order valence-electron chi connectivity index (χ3n) is 3.52. The zero-order chi connectivity index (χ0) is 16.6. The number of nitrogens with zero attached hydrogens (tertiary/aromatic N) is 3. The van der Waals surface area contributed by atoms with Crippen LogP contribution in [0.15, 0.2) is 22.9 Å². The van der Waals surface area contributed by atoms with Gasteiger partial charge in [-0.05, 0) is 45.7 Å². The number of hydrogen-bond donors (Lipinski definition) is 1. The maximum absolute atomic E-state index is 14.0. The second kappa shape index (κ2) is 6.00. The van der Waals surface area contributed by atoms with Crippen molar-refractivity contribution in [3.8, 4) is 22.4 Å². The predicted molar refractivity (Wildman–Crippen MR) is 87.1 cm³/mol. The van der Waals surface area contributed by atoms with Gasteiger partial charge in [0.2, 0.25) is 10.3 Å². The predicted octanol–water partition coefficient (Wildman–Crippen LogP) is 2.05. The van der Waals surface area contributed by atoms with Crippen LogP contribution in [-0.4, -0.2) is 44.5 Å². The highest BCUT2D eigenvalue weighted by atomic mass is 79.9. The first kappa shape index (κ1) is 16.1. The van der Waals surface area contributed by atoms with Crippen molar-refractivity contribution in [3.63, 3.8) is 0 Å². The van der Waals surface area contributed by atoms with E-state index < -0.39 is 17.3 Å². The van der Waals surface area contributed by atoms with E-state index in [-0.39, 0.29) is 12.0 Å². The van der Waals surface area contributed by atoms with E-state index in [2.05, 4.69) is 37.1 Å². The Morgan fingerprint density at radius 1 is 1.52 bits per heavy atom. The number of aliphatic hydroxyl groups is 1. The van der Waals surface area contributed by atoms with E-state index in [1.54, 1.807) is 7.05 Å². The molecule has 1 N–H and O–H groups in total. The standard InChI is InChI=1S/C15H11BrFN3O2S/c1-20-7-6-15(22,13(20)21)5-4-9-2-3-11(17)10(8-9)12-18-14(16)19-23-12/h2-3,8,22H,6-7H2,1H3/t15-/m0/s1. The fourth-order valence-electron chi connectivity index (χ4n) is 2.23. The second-order valence-electron chi connectivity index (χ2n) is 5.15. The zero-order valence-corrected chi connectivity index (χ0v) is 14.4. The van der Waals surface area contributed by atoms with E-state index in [1.165, 1.54) is 23.1 Å². The molecule has 0 bridgehead atoms. The molecule has 1 amide bonds. The summed E-state index contributed by atoms with van der Waals surface area (Å²) in [6.45, 7) is 0.456. The van der Waals surface area contributed by atoms with Crippen molar-refractivity contribution >= 4 is 33.4 Å². The van der Waals surface area contributed by atoms with Crippen molar-refractivity contribution in [2.24, 2.45) is 0 Å². The van der Waals surface area contributed by atoms with Crippen LogP contribution in [0.1, 0.15) is 12.0 Å². The summed E-state index contributed by atoms with van der Waals surface area (Å²) in [7, 11) is 1.62. The molecule has 8 heteroatoms. The van der Waals surface area contributed by atoms with Crippen LogP contribution in [0.25, 0.3) is 10.6 Å². The maximum Gasteiger partial charge on any atom is 0.267 e. The molecule has 3 rings (SSSR count). The summed E-state index contributed by atoms with van der Waals surface area (Å²) in [4.78, 5) is 17.4. The van der Waals surface area contributed by atoms with Crippen LogP contribution in [-0.2, 0) is 4.79 Å². The van der Waals surface area contributed by atoms with Gasteiger partial charge in [0.15, 0.2) is 0 Å². The molecular weight excluding hydrogens is 385 g/mol. The van der Waals surface area contributed by atoms with Crippen LogP contribution in [0.5, 0.6) is 0 Å². The van der Waals surface area contributed by atoms with Gasteiger partial charge in [0, 0.05) is 31.1 Å². The van der Waals surface area contributed by atoms with Gasteiger partial charge in [-0.2, -0.15) is 4.37 Å². The second-order valence-corrected chi connectivity index (χ2v) is 6.61. The lowest BCUT2D eigenvalue weighted by molar-refractivity contribution is -0.137. The Bertz CT molecular complexity index is 845. The van der Waals surface area contributed by atoms with Gasteiger partial charge >= 0.3 is 0 Å². The molecule has 1 aliphatic rings. The molecule has 118 valence electrons. The Morgan fingerprint density at radius 3 is 2.91 bits per heavy atom. The zero-order valence-electron chi connectivity index (χ0n) is 12.0. The number of aromatic nitrogens is 2.